The van der Waals surface area contributed by atoms with Crippen molar-refractivity contribution in [2.24, 2.45) is 0 Å². The molecule has 1 saturated heterocycles. The second-order valence-electron chi connectivity index (χ2n) is 6.87. The molecule has 0 radical (unpaired) electrons. The Kier molecular flexibility index (Phi) is 5.88. The molecule has 1 aliphatic heterocycles. The molecule has 0 bridgehead atoms. The van der Waals surface area contributed by atoms with Crippen LogP contribution in [0.25, 0.3) is 0 Å². The Morgan fingerprint density at radius 3 is 2.73 bits per heavy atom. The van der Waals surface area contributed by atoms with Crippen LogP contribution < -0.4 is 0 Å². The first-order chi connectivity index (χ1) is 12.1. The van der Waals surface area contributed by atoms with Gasteiger partial charge in [-0.25, -0.2) is 9.59 Å². The zero-order valence-electron chi connectivity index (χ0n) is 15.6. The van der Waals surface area contributed by atoms with Crippen molar-refractivity contribution < 1.29 is 29.3 Å². The van der Waals surface area contributed by atoms with Crippen molar-refractivity contribution in [3.8, 4) is 0 Å². The lowest BCUT2D eigenvalue weighted by molar-refractivity contribution is -0.173. The largest absolute Gasteiger partial charge is 0.452 e. The summed E-state index contributed by atoms with van der Waals surface area (Å²) in [7, 11) is 0. The molecule has 4 atom stereocenters. The van der Waals surface area contributed by atoms with Crippen molar-refractivity contribution >= 4 is 11.9 Å². The van der Waals surface area contributed by atoms with Crippen molar-refractivity contribution in [3.05, 3.63) is 47.1 Å². The lowest BCUT2D eigenvalue weighted by atomic mass is 9.79. The highest BCUT2D eigenvalue weighted by atomic mass is 16.6. The van der Waals surface area contributed by atoms with Crippen LogP contribution in [0, 0.1) is 0 Å². The first kappa shape index (κ1) is 20.1. The maximum Gasteiger partial charge on any atom is 0.337 e. The molecule has 0 aromatic rings. The van der Waals surface area contributed by atoms with Gasteiger partial charge in [-0.2, -0.15) is 0 Å². The van der Waals surface area contributed by atoms with E-state index in [1.807, 2.05) is 13.0 Å². The van der Waals surface area contributed by atoms with Crippen LogP contribution in [0.1, 0.15) is 40.5 Å². The number of hydrogen-bond donors (Lipinski definition) is 2. The first-order valence-corrected chi connectivity index (χ1v) is 8.61. The van der Waals surface area contributed by atoms with E-state index in [9.17, 15) is 19.8 Å². The van der Waals surface area contributed by atoms with Gasteiger partial charge in [0.25, 0.3) is 0 Å². The van der Waals surface area contributed by atoms with Crippen LogP contribution in [0.15, 0.2) is 47.1 Å². The third-order valence-electron chi connectivity index (χ3n) is 5.01. The molecule has 142 valence electrons. The topological polar surface area (TPSA) is 93.1 Å². The van der Waals surface area contributed by atoms with E-state index >= 15 is 0 Å². The molecule has 6 nitrogen and oxygen atoms in total. The van der Waals surface area contributed by atoms with Crippen LogP contribution in [0.5, 0.6) is 0 Å². The van der Waals surface area contributed by atoms with Gasteiger partial charge in [0.2, 0.25) is 0 Å². The third-order valence-corrected chi connectivity index (χ3v) is 5.01. The van der Waals surface area contributed by atoms with Gasteiger partial charge in [0, 0.05) is 5.57 Å². The summed E-state index contributed by atoms with van der Waals surface area (Å²) in [6.07, 6.45) is 2.53. The molecule has 0 amide bonds. The Labute approximate surface area is 153 Å². The van der Waals surface area contributed by atoms with E-state index in [2.05, 4.69) is 6.58 Å². The maximum atomic E-state index is 12.3. The Morgan fingerprint density at radius 1 is 1.46 bits per heavy atom. The maximum absolute atomic E-state index is 12.3. The molecule has 0 unspecified atom stereocenters. The van der Waals surface area contributed by atoms with Crippen LogP contribution in [0.4, 0.5) is 0 Å². The smallest absolute Gasteiger partial charge is 0.337 e. The van der Waals surface area contributed by atoms with Gasteiger partial charge in [0.05, 0.1) is 5.57 Å². The molecular weight excluding hydrogens is 336 g/mol. The Morgan fingerprint density at radius 2 is 2.12 bits per heavy atom. The van der Waals surface area contributed by atoms with Gasteiger partial charge >= 0.3 is 11.9 Å². The highest BCUT2D eigenvalue weighted by Gasteiger charge is 2.59. The number of aliphatic hydroxyl groups is 2. The zero-order chi connectivity index (χ0) is 19.6. The summed E-state index contributed by atoms with van der Waals surface area (Å²) in [5.41, 5.74) is -0.539. The molecule has 1 heterocycles. The lowest BCUT2D eigenvalue weighted by Crippen LogP contribution is -2.57. The molecule has 1 aliphatic carbocycles. The predicted octanol–water partition coefficient (Wildman–Crippen LogP) is 2.12. The van der Waals surface area contributed by atoms with Gasteiger partial charge in [-0.05, 0) is 52.2 Å². The predicted molar refractivity (Wildman–Crippen MR) is 96.0 cm³/mol. The molecule has 2 N–H and O–H groups in total. The summed E-state index contributed by atoms with van der Waals surface area (Å²) >= 11 is 0. The van der Waals surface area contributed by atoms with E-state index in [0.717, 1.165) is 5.57 Å². The average molecular weight is 362 g/mol. The van der Waals surface area contributed by atoms with Crippen LogP contribution >= 0.6 is 0 Å². The van der Waals surface area contributed by atoms with Crippen LogP contribution in [-0.4, -0.2) is 46.1 Å². The highest BCUT2D eigenvalue weighted by Crippen LogP contribution is 2.40. The summed E-state index contributed by atoms with van der Waals surface area (Å²) in [5, 5.41) is 22.2. The minimum Gasteiger partial charge on any atom is -0.452 e. The van der Waals surface area contributed by atoms with E-state index < -0.39 is 35.9 Å². The summed E-state index contributed by atoms with van der Waals surface area (Å²) in [6.45, 7) is 10.4. The molecular formula is C20H26O6. The second-order valence-corrected chi connectivity index (χ2v) is 6.87. The molecule has 0 saturated carbocycles. The summed E-state index contributed by atoms with van der Waals surface area (Å²) < 4.78 is 10.7. The Balaban J connectivity index is 2.59. The van der Waals surface area contributed by atoms with Gasteiger partial charge in [0.15, 0.2) is 17.8 Å². The van der Waals surface area contributed by atoms with Gasteiger partial charge < -0.3 is 19.7 Å². The van der Waals surface area contributed by atoms with Crippen molar-refractivity contribution in [1.29, 1.82) is 0 Å². The van der Waals surface area contributed by atoms with Crippen LogP contribution in [-0.2, 0) is 19.1 Å². The van der Waals surface area contributed by atoms with Crippen LogP contribution in [0.3, 0.4) is 0 Å². The van der Waals surface area contributed by atoms with Crippen molar-refractivity contribution in [3.63, 3.8) is 0 Å². The van der Waals surface area contributed by atoms with E-state index in [1.165, 1.54) is 0 Å². The molecule has 0 aromatic carbocycles. The van der Waals surface area contributed by atoms with E-state index in [-0.39, 0.29) is 5.57 Å². The number of rotatable bonds is 2. The quantitative estimate of drug-likeness (QED) is 0.444. The Hall–Kier alpha value is -2.18. The number of carbonyl (C=O) groups is 2. The number of fused-ring (bicyclic) bond motifs is 1. The standard InChI is InChI=1S/C20H26O6/c1-6-12(3)18(22)26-17-16(21)13(4)9-7-8-11(2)10-15-20(17,24)14(5)19(23)25-15/h6,9-10,15-17,21,24H,5,7-8H2,1-4H3/b11-10+,12-6-,13-9+/t15-,16+,17-,20+/m0/s1. The molecule has 2 aliphatic rings. The molecule has 0 spiro atoms. The SMILES string of the molecule is C=C1C(=O)O[C@H]2/C=C(\C)CC/C=C(\C)[C@@H](O)[C@H](OC(=O)/C(C)=C\C)[C@@]12O. The van der Waals surface area contributed by atoms with Crippen LogP contribution in [0.2, 0.25) is 0 Å². The number of aliphatic hydroxyl groups excluding tert-OH is 1. The van der Waals surface area contributed by atoms with Crippen molar-refractivity contribution in [2.45, 2.75) is 64.4 Å². The zero-order valence-corrected chi connectivity index (χ0v) is 15.6. The fraction of sp³-hybridized carbons (Fsp3) is 0.500. The minimum absolute atomic E-state index is 0.241. The van der Waals surface area contributed by atoms with Gasteiger partial charge in [-0.15, -0.1) is 0 Å². The first-order valence-electron chi connectivity index (χ1n) is 8.61. The average Bonchev–Trinajstić information content (AvgIpc) is 2.81. The second kappa shape index (κ2) is 7.60. The molecule has 6 heteroatoms. The minimum atomic E-state index is -2.06. The lowest BCUT2D eigenvalue weighted by Gasteiger charge is -2.37. The fourth-order valence-corrected chi connectivity index (χ4v) is 3.06. The molecule has 26 heavy (non-hydrogen) atoms. The Bertz CT molecular complexity index is 714. The number of ether oxygens (including phenoxy) is 2. The van der Waals surface area contributed by atoms with Gasteiger partial charge in [-0.3, -0.25) is 0 Å². The summed E-state index contributed by atoms with van der Waals surface area (Å²) in [4.78, 5) is 24.4. The number of allylic oxidation sites excluding steroid dienone is 3. The van der Waals surface area contributed by atoms with Crippen molar-refractivity contribution in [1.82, 2.24) is 0 Å². The van der Waals surface area contributed by atoms with E-state index in [0.29, 0.717) is 24.0 Å². The number of hydrogen-bond acceptors (Lipinski definition) is 6. The molecule has 2 rings (SSSR count). The van der Waals surface area contributed by atoms with Gasteiger partial charge in [0.1, 0.15) is 6.10 Å². The summed E-state index contributed by atoms with van der Waals surface area (Å²) in [5.74, 6) is -1.47. The molecule has 0 aromatic heterocycles. The van der Waals surface area contributed by atoms with Crippen molar-refractivity contribution in [2.75, 3.05) is 0 Å². The highest BCUT2D eigenvalue weighted by molar-refractivity contribution is 5.94. The van der Waals surface area contributed by atoms with E-state index in [4.69, 9.17) is 9.47 Å². The third kappa shape index (κ3) is 3.52. The molecule has 1 fully saturated rings. The fourth-order valence-electron chi connectivity index (χ4n) is 3.06. The van der Waals surface area contributed by atoms with Gasteiger partial charge in [-0.1, -0.05) is 24.3 Å². The number of carbonyl (C=O) groups excluding carboxylic acids is 2. The van der Waals surface area contributed by atoms with E-state index in [1.54, 1.807) is 32.9 Å². The normalized spacial score (nSPS) is 37.0. The summed E-state index contributed by atoms with van der Waals surface area (Å²) in [6, 6.07) is 0. The number of esters is 2. The monoisotopic (exact) mass is 362 g/mol.